The van der Waals surface area contributed by atoms with Crippen molar-refractivity contribution in [2.75, 3.05) is 25.5 Å². The summed E-state index contributed by atoms with van der Waals surface area (Å²) in [5, 5.41) is 6.51. The van der Waals surface area contributed by atoms with Gasteiger partial charge in [-0.3, -0.25) is 0 Å². The van der Waals surface area contributed by atoms with Crippen LogP contribution in [0.1, 0.15) is 25.7 Å². The van der Waals surface area contributed by atoms with Gasteiger partial charge in [-0.15, -0.1) is 0 Å². The van der Waals surface area contributed by atoms with E-state index >= 15 is 0 Å². The number of likely N-dealkylation sites (tertiary alicyclic amines) is 1. The van der Waals surface area contributed by atoms with Crippen molar-refractivity contribution in [3.05, 3.63) is 24.3 Å². The second-order valence-corrected chi connectivity index (χ2v) is 5.74. The highest BCUT2D eigenvalue weighted by Gasteiger charge is 2.36. The van der Waals surface area contributed by atoms with Crippen molar-refractivity contribution in [3.8, 4) is 5.75 Å². The van der Waals surface area contributed by atoms with E-state index in [9.17, 15) is 4.79 Å². The van der Waals surface area contributed by atoms with E-state index in [-0.39, 0.29) is 6.03 Å². The number of benzene rings is 1. The van der Waals surface area contributed by atoms with Gasteiger partial charge in [0, 0.05) is 18.6 Å². The largest absolute Gasteiger partial charge is 0.495 e. The first kappa shape index (κ1) is 14.2. The maximum atomic E-state index is 12.6. The number of anilines is 1. The Hall–Kier alpha value is -1.75. The Labute approximate surface area is 125 Å². The lowest BCUT2D eigenvalue weighted by atomic mass is 10.0. The molecule has 114 valence electrons. The van der Waals surface area contributed by atoms with Crippen LogP contribution in [0.15, 0.2) is 24.3 Å². The third-order valence-corrected chi connectivity index (χ3v) is 4.47. The highest BCUT2D eigenvalue weighted by Crippen LogP contribution is 2.28. The first-order valence-corrected chi connectivity index (χ1v) is 7.73. The molecule has 2 unspecified atom stereocenters. The molecule has 2 heterocycles. The zero-order valence-electron chi connectivity index (χ0n) is 12.5. The Morgan fingerprint density at radius 1 is 1.33 bits per heavy atom. The number of hydrogen-bond donors (Lipinski definition) is 2. The average molecular weight is 289 g/mol. The molecule has 0 spiro atoms. The maximum absolute atomic E-state index is 12.6. The summed E-state index contributed by atoms with van der Waals surface area (Å²) in [7, 11) is 1.62. The Balaban J connectivity index is 1.69. The molecule has 2 fully saturated rings. The van der Waals surface area contributed by atoms with Gasteiger partial charge in [-0.25, -0.2) is 4.79 Å². The molecule has 0 aliphatic carbocycles. The summed E-state index contributed by atoms with van der Waals surface area (Å²) in [5.41, 5.74) is 0.732. The molecule has 2 N–H and O–H groups in total. The van der Waals surface area contributed by atoms with E-state index in [1.807, 2.05) is 29.2 Å². The Kier molecular flexibility index (Phi) is 4.29. The molecular weight excluding hydrogens is 266 g/mol. The van der Waals surface area contributed by atoms with Gasteiger partial charge in [0.2, 0.25) is 0 Å². The first-order valence-electron chi connectivity index (χ1n) is 7.73. The smallest absolute Gasteiger partial charge is 0.322 e. The predicted molar refractivity (Wildman–Crippen MR) is 82.8 cm³/mol. The van der Waals surface area contributed by atoms with Crippen LogP contribution in [0.5, 0.6) is 5.75 Å². The molecule has 0 bridgehead atoms. The number of nitrogens with one attached hydrogen (secondary N) is 2. The molecule has 21 heavy (non-hydrogen) atoms. The molecule has 5 nitrogen and oxygen atoms in total. The number of hydrogen-bond acceptors (Lipinski definition) is 3. The van der Waals surface area contributed by atoms with E-state index in [1.54, 1.807) is 7.11 Å². The van der Waals surface area contributed by atoms with Gasteiger partial charge in [0.1, 0.15) is 5.75 Å². The number of rotatable bonds is 3. The fourth-order valence-corrected chi connectivity index (χ4v) is 3.44. The van der Waals surface area contributed by atoms with Gasteiger partial charge in [0.05, 0.1) is 12.8 Å². The lowest BCUT2D eigenvalue weighted by Crippen LogP contribution is -2.48. The fourth-order valence-electron chi connectivity index (χ4n) is 3.44. The lowest BCUT2D eigenvalue weighted by Gasteiger charge is -2.29. The highest BCUT2D eigenvalue weighted by molar-refractivity contribution is 5.91. The summed E-state index contributed by atoms with van der Waals surface area (Å²) in [6.07, 6.45) is 4.56. The van der Waals surface area contributed by atoms with Crippen LogP contribution in [-0.2, 0) is 0 Å². The van der Waals surface area contributed by atoms with Gasteiger partial charge in [-0.05, 0) is 44.4 Å². The summed E-state index contributed by atoms with van der Waals surface area (Å²) >= 11 is 0. The van der Waals surface area contributed by atoms with Crippen LogP contribution in [-0.4, -0.2) is 43.2 Å². The second-order valence-electron chi connectivity index (χ2n) is 5.74. The van der Waals surface area contributed by atoms with Crippen LogP contribution in [0.25, 0.3) is 0 Å². The molecule has 1 aromatic rings. The first-order chi connectivity index (χ1) is 10.3. The maximum Gasteiger partial charge on any atom is 0.322 e. The van der Waals surface area contributed by atoms with E-state index in [0.29, 0.717) is 17.8 Å². The summed E-state index contributed by atoms with van der Waals surface area (Å²) in [6.45, 7) is 1.91. The van der Waals surface area contributed by atoms with Crippen molar-refractivity contribution in [3.63, 3.8) is 0 Å². The van der Waals surface area contributed by atoms with E-state index in [2.05, 4.69) is 10.6 Å². The molecule has 0 saturated carbocycles. The fraction of sp³-hybridized carbons (Fsp3) is 0.562. The van der Waals surface area contributed by atoms with E-state index in [4.69, 9.17) is 4.74 Å². The number of urea groups is 1. The van der Waals surface area contributed by atoms with Gasteiger partial charge < -0.3 is 20.3 Å². The van der Waals surface area contributed by atoms with Crippen LogP contribution in [0, 0.1) is 0 Å². The lowest BCUT2D eigenvalue weighted by molar-refractivity contribution is 0.195. The highest BCUT2D eigenvalue weighted by atomic mass is 16.5. The molecule has 3 rings (SSSR count). The van der Waals surface area contributed by atoms with Gasteiger partial charge in [-0.1, -0.05) is 12.1 Å². The van der Waals surface area contributed by atoms with Crippen LogP contribution in [0.2, 0.25) is 0 Å². The summed E-state index contributed by atoms with van der Waals surface area (Å²) < 4.78 is 5.29. The van der Waals surface area contributed by atoms with Crippen LogP contribution in [0.3, 0.4) is 0 Å². The number of para-hydroxylation sites is 2. The third-order valence-electron chi connectivity index (χ3n) is 4.47. The summed E-state index contributed by atoms with van der Waals surface area (Å²) in [4.78, 5) is 14.6. The normalized spacial score (nSPS) is 25.1. The zero-order valence-corrected chi connectivity index (χ0v) is 12.5. The van der Waals surface area contributed by atoms with Crippen LogP contribution < -0.4 is 15.4 Å². The number of carbonyl (C=O) groups excluding carboxylic acids is 1. The minimum Gasteiger partial charge on any atom is -0.495 e. The molecule has 2 aliphatic rings. The molecule has 5 heteroatoms. The third kappa shape index (κ3) is 2.97. The number of carbonyl (C=O) groups is 1. The molecule has 2 atom stereocenters. The van der Waals surface area contributed by atoms with Crippen molar-refractivity contribution >= 4 is 11.7 Å². The molecule has 1 aromatic carbocycles. The predicted octanol–water partition coefficient (Wildman–Crippen LogP) is 2.44. The minimum atomic E-state index is -0.0179. The molecular formula is C16H23N3O2. The van der Waals surface area contributed by atoms with Crippen LogP contribution >= 0.6 is 0 Å². The topological polar surface area (TPSA) is 53.6 Å². The number of amides is 2. The molecule has 0 aromatic heterocycles. The van der Waals surface area contributed by atoms with Crippen LogP contribution in [0.4, 0.5) is 10.5 Å². The van der Waals surface area contributed by atoms with E-state index < -0.39 is 0 Å². The standard InChI is InChI=1S/C16H23N3O2/c1-21-15-9-3-2-6-13(15)18-16(20)19-11-5-8-14(19)12-7-4-10-17-12/h2-3,6,9,12,14,17H,4-5,7-8,10-11H2,1H3,(H,18,20). The minimum absolute atomic E-state index is 0.0179. The Morgan fingerprint density at radius 3 is 2.95 bits per heavy atom. The number of methoxy groups -OCH3 is 1. The van der Waals surface area contributed by atoms with Crippen molar-refractivity contribution in [1.82, 2.24) is 10.2 Å². The number of ether oxygens (including phenoxy) is 1. The van der Waals surface area contributed by atoms with Gasteiger partial charge in [-0.2, -0.15) is 0 Å². The summed E-state index contributed by atoms with van der Waals surface area (Å²) in [5.74, 6) is 0.695. The van der Waals surface area contributed by atoms with Crippen molar-refractivity contribution in [2.24, 2.45) is 0 Å². The van der Waals surface area contributed by atoms with Gasteiger partial charge >= 0.3 is 6.03 Å². The number of nitrogens with zero attached hydrogens (tertiary/aromatic N) is 1. The molecule has 2 aliphatic heterocycles. The van der Waals surface area contributed by atoms with Gasteiger partial charge in [0.25, 0.3) is 0 Å². The van der Waals surface area contributed by atoms with Crippen molar-refractivity contribution < 1.29 is 9.53 Å². The zero-order chi connectivity index (χ0) is 14.7. The van der Waals surface area contributed by atoms with E-state index in [0.717, 1.165) is 31.6 Å². The second kappa shape index (κ2) is 6.35. The Bertz CT molecular complexity index is 500. The summed E-state index contributed by atoms with van der Waals surface area (Å²) in [6, 6.07) is 8.28. The Morgan fingerprint density at radius 2 is 2.19 bits per heavy atom. The quantitative estimate of drug-likeness (QED) is 0.898. The van der Waals surface area contributed by atoms with Gasteiger partial charge in [0.15, 0.2) is 0 Å². The monoisotopic (exact) mass is 289 g/mol. The SMILES string of the molecule is COc1ccccc1NC(=O)N1CCCC1C1CCCN1. The molecule has 2 saturated heterocycles. The van der Waals surface area contributed by atoms with Crippen molar-refractivity contribution in [1.29, 1.82) is 0 Å². The van der Waals surface area contributed by atoms with Crippen molar-refractivity contribution in [2.45, 2.75) is 37.8 Å². The average Bonchev–Trinajstić information content (AvgIpc) is 3.18. The molecule has 2 amide bonds. The van der Waals surface area contributed by atoms with E-state index in [1.165, 1.54) is 12.8 Å². The molecule has 0 radical (unpaired) electrons.